The van der Waals surface area contributed by atoms with Crippen molar-refractivity contribution < 1.29 is 14.3 Å². The topological polar surface area (TPSA) is 71.5 Å². The van der Waals surface area contributed by atoms with Gasteiger partial charge in [0, 0.05) is 18.8 Å². The summed E-state index contributed by atoms with van der Waals surface area (Å²) in [4.78, 5) is 30.5. The van der Waals surface area contributed by atoms with E-state index < -0.39 is 0 Å². The maximum Gasteiger partial charge on any atom is 0.240 e. The van der Waals surface area contributed by atoms with Gasteiger partial charge in [0.05, 0.1) is 17.5 Å². The molecule has 1 aliphatic heterocycles. The third-order valence-electron chi connectivity index (χ3n) is 3.58. The lowest BCUT2D eigenvalue weighted by atomic mass is 10.2. The zero-order valence-corrected chi connectivity index (χ0v) is 15.5. The molecule has 0 unspecified atom stereocenters. The lowest BCUT2D eigenvalue weighted by Gasteiger charge is -2.29. The van der Waals surface area contributed by atoms with Crippen LogP contribution < -0.4 is 10.2 Å². The van der Waals surface area contributed by atoms with E-state index in [0.29, 0.717) is 18.9 Å². The molecule has 2 amide bonds. The maximum absolute atomic E-state index is 12.3. The van der Waals surface area contributed by atoms with Gasteiger partial charge in [-0.1, -0.05) is 11.8 Å². The van der Waals surface area contributed by atoms with Crippen molar-refractivity contribution in [1.29, 1.82) is 0 Å². The molecule has 1 aromatic heterocycles. The first-order chi connectivity index (χ1) is 11.4. The predicted molar refractivity (Wildman–Crippen MR) is 95.5 cm³/mol. The van der Waals surface area contributed by atoms with Gasteiger partial charge in [-0.3, -0.25) is 14.5 Å². The number of fused-ring (bicyclic) bond motifs is 1. The van der Waals surface area contributed by atoms with Crippen LogP contribution in [0.15, 0.2) is 11.1 Å². The number of hydrogen-bond acceptors (Lipinski definition) is 5. The highest BCUT2D eigenvalue weighted by molar-refractivity contribution is 8.00. The summed E-state index contributed by atoms with van der Waals surface area (Å²) in [6, 6.07) is 1.94. The van der Waals surface area contributed by atoms with Gasteiger partial charge in [-0.2, -0.15) is 0 Å². The average Bonchev–Trinajstić information content (AvgIpc) is 2.49. The Morgan fingerprint density at radius 2 is 2.21 bits per heavy atom. The fourth-order valence-electron chi connectivity index (χ4n) is 2.54. The van der Waals surface area contributed by atoms with E-state index in [1.54, 1.807) is 4.90 Å². The molecule has 0 saturated carbocycles. The molecule has 0 radical (unpaired) electrons. The number of aromatic nitrogens is 1. The highest BCUT2D eigenvalue weighted by Gasteiger charge is 2.29. The van der Waals surface area contributed by atoms with E-state index in [1.165, 1.54) is 11.8 Å². The Hall–Kier alpha value is -1.60. The van der Waals surface area contributed by atoms with E-state index in [1.807, 2.05) is 33.8 Å². The number of pyridine rings is 1. The van der Waals surface area contributed by atoms with Crippen LogP contribution >= 0.6 is 11.8 Å². The highest BCUT2D eigenvalue weighted by Crippen LogP contribution is 2.36. The van der Waals surface area contributed by atoms with Crippen molar-refractivity contribution in [3.8, 4) is 0 Å². The van der Waals surface area contributed by atoms with Gasteiger partial charge in [0.15, 0.2) is 0 Å². The highest BCUT2D eigenvalue weighted by atomic mass is 32.2. The number of amides is 2. The van der Waals surface area contributed by atoms with E-state index in [2.05, 4.69) is 10.3 Å². The minimum atomic E-state index is -0.161. The van der Waals surface area contributed by atoms with Gasteiger partial charge in [-0.25, -0.2) is 4.98 Å². The summed E-state index contributed by atoms with van der Waals surface area (Å²) in [6.45, 7) is 9.02. The lowest BCUT2D eigenvalue weighted by molar-refractivity contribution is -0.123. The molecule has 0 spiro atoms. The molecule has 0 fully saturated rings. The first kappa shape index (κ1) is 18.7. The van der Waals surface area contributed by atoms with Crippen molar-refractivity contribution >= 4 is 29.3 Å². The number of hydrogen-bond donors (Lipinski definition) is 1. The Bertz CT molecular complexity index is 619. The SMILES string of the molecule is Cc1cc(C)c2c(n1)SCC(=O)N2CC(=O)NCCCOC(C)C. The molecule has 6 nitrogen and oxygen atoms in total. The van der Waals surface area contributed by atoms with Crippen LogP contribution in [0.3, 0.4) is 0 Å². The molecule has 2 rings (SSSR count). The number of aryl methyl sites for hydroxylation is 2. The van der Waals surface area contributed by atoms with Gasteiger partial charge in [0.2, 0.25) is 11.8 Å². The van der Waals surface area contributed by atoms with Gasteiger partial charge in [-0.15, -0.1) is 0 Å². The molecule has 0 bridgehead atoms. The number of carbonyl (C=O) groups excluding carboxylic acids is 2. The minimum Gasteiger partial charge on any atom is -0.379 e. The van der Waals surface area contributed by atoms with Crippen molar-refractivity contribution in [2.75, 3.05) is 30.3 Å². The van der Waals surface area contributed by atoms with Crippen molar-refractivity contribution in [3.05, 3.63) is 17.3 Å². The number of thioether (sulfide) groups is 1. The third-order valence-corrected chi connectivity index (χ3v) is 4.53. The number of nitrogens with one attached hydrogen (secondary N) is 1. The van der Waals surface area contributed by atoms with E-state index >= 15 is 0 Å². The fraction of sp³-hybridized carbons (Fsp3) is 0.588. The van der Waals surface area contributed by atoms with Gasteiger partial charge in [-0.05, 0) is 45.7 Å². The molecule has 1 aliphatic rings. The molecule has 0 aliphatic carbocycles. The third kappa shape index (κ3) is 4.95. The molecule has 0 aromatic carbocycles. The first-order valence-electron chi connectivity index (χ1n) is 8.18. The van der Waals surface area contributed by atoms with Crippen LogP contribution in [0.5, 0.6) is 0 Å². The van der Waals surface area contributed by atoms with Crippen LogP contribution in [0.1, 0.15) is 31.5 Å². The van der Waals surface area contributed by atoms with Crippen LogP contribution in [-0.2, 0) is 14.3 Å². The predicted octanol–water partition coefficient (Wildman–Crippen LogP) is 2.07. The summed E-state index contributed by atoms with van der Waals surface area (Å²) in [5.41, 5.74) is 2.65. The molecule has 1 aromatic rings. The van der Waals surface area contributed by atoms with Gasteiger partial charge in [0.25, 0.3) is 0 Å². The van der Waals surface area contributed by atoms with Gasteiger partial charge < -0.3 is 10.1 Å². The van der Waals surface area contributed by atoms with Crippen molar-refractivity contribution in [3.63, 3.8) is 0 Å². The van der Waals surface area contributed by atoms with Gasteiger partial charge in [0.1, 0.15) is 11.6 Å². The van der Waals surface area contributed by atoms with Gasteiger partial charge >= 0.3 is 0 Å². The first-order valence-corrected chi connectivity index (χ1v) is 9.16. The van der Waals surface area contributed by atoms with E-state index in [9.17, 15) is 9.59 Å². The number of nitrogens with zero attached hydrogens (tertiary/aromatic N) is 2. The van der Waals surface area contributed by atoms with Crippen molar-refractivity contribution in [2.45, 2.75) is 45.2 Å². The van der Waals surface area contributed by atoms with E-state index in [0.717, 1.165) is 28.4 Å². The summed E-state index contributed by atoms with van der Waals surface area (Å²) in [7, 11) is 0. The van der Waals surface area contributed by atoms with Crippen LogP contribution in [0, 0.1) is 13.8 Å². The van der Waals surface area contributed by atoms with Crippen LogP contribution in [0.4, 0.5) is 5.69 Å². The Labute approximate surface area is 147 Å². The molecule has 132 valence electrons. The quantitative estimate of drug-likeness (QED) is 0.762. The minimum absolute atomic E-state index is 0.0308. The number of anilines is 1. The maximum atomic E-state index is 12.3. The Morgan fingerprint density at radius 3 is 2.92 bits per heavy atom. The normalized spacial score (nSPS) is 14.0. The van der Waals surface area contributed by atoms with E-state index in [-0.39, 0.29) is 24.5 Å². The number of carbonyl (C=O) groups is 2. The smallest absolute Gasteiger partial charge is 0.240 e. The number of rotatable bonds is 7. The second kappa shape index (κ2) is 8.48. The van der Waals surface area contributed by atoms with Crippen LogP contribution in [0.25, 0.3) is 0 Å². The largest absolute Gasteiger partial charge is 0.379 e. The Morgan fingerprint density at radius 1 is 1.46 bits per heavy atom. The lowest BCUT2D eigenvalue weighted by Crippen LogP contribution is -2.44. The van der Waals surface area contributed by atoms with Crippen LogP contribution in [-0.4, -0.2) is 48.4 Å². The van der Waals surface area contributed by atoms with Crippen molar-refractivity contribution in [2.24, 2.45) is 0 Å². The monoisotopic (exact) mass is 351 g/mol. The molecule has 0 atom stereocenters. The Kier molecular flexibility index (Phi) is 6.62. The summed E-state index contributed by atoms with van der Waals surface area (Å²) in [5, 5.41) is 3.67. The summed E-state index contributed by atoms with van der Waals surface area (Å²) < 4.78 is 5.44. The second-order valence-corrected chi connectivity index (χ2v) is 7.09. The molecular weight excluding hydrogens is 326 g/mol. The van der Waals surface area contributed by atoms with Crippen molar-refractivity contribution in [1.82, 2.24) is 10.3 Å². The second-order valence-electron chi connectivity index (χ2n) is 6.13. The fourth-order valence-corrected chi connectivity index (χ4v) is 3.58. The molecular formula is C17H25N3O3S. The summed E-state index contributed by atoms with van der Waals surface area (Å²) >= 11 is 1.43. The zero-order chi connectivity index (χ0) is 17.7. The molecule has 1 N–H and O–H groups in total. The average molecular weight is 351 g/mol. The number of ether oxygens (including phenoxy) is 1. The molecule has 0 saturated heterocycles. The van der Waals surface area contributed by atoms with Crippen LogP contribution in [0.2, 0.25) is 0 Å². The molecule has 2 heterocycles. The molecule has 7 heteroatoms. The zero-order valence-electron chi connectivity index (χ0n) is 14.7. The Balaban J connectivity index is 1.95. The molecule has 24 heavy (non-hydrogen) atoms. The van der Waals surface area contributed by atoms with E-state index in [4.69, 9.17) is 4.74 Å². The summed E-state index contributed by atoms with van der Waals surface area (Å²) in [5.74, 6) is 0.101. The standard InChI is InChI=1S/C17H25N3O3S/c1-11(2)23-7-5-6-18-14(21)9-20-15(22)10-24-17-16(20)12(3)8-13(4)19-17/h8,11H,5-7,9-10H2,1-4H3,(H,18,21). The summed E-state index contributed by atoms with van der Waals surface area (Å²) in [6.07, 6.45) is 0.948.